The lowest BCUT2D eigenvalue weighted by molar-refractivity contribution is 0.160. The van der Waals surface area contributed by atoms with Crippen molar-refractivity contribution in [2.75, 3.05) is 26.2 Å². The van der Waals surface area contributed by atoms with E-state index in [-0.39, 0.29) is 11.6 Å². The van der Waals surface area contributed by atoms with Crippen LogP contribution < -0.4 is 10.6 Å². The summed E-state index contributed by atoms with van der Waals surface area (Å²) in [5, 5.41) is 6.47. The lowest BCUT2D eigenvalue weighted by Crippen LogP contribution is -2.54. The molecule has 2 amide bonds. The van der Waals surface area contributed by atoms with Gasteiger partial charge < -0.3 is 15.5 Å². The third kappa shape index (κ3) is 2.67. The lowest BCUT2D eigenvalue weighted by Gasteiger charge is -2.34. The van der Waals surface area contributed by atoms with Crippen LogP contribution in [-0.4, -0.2) is 42.6 Å². The number of carbonyl (C=O) groups excluding carboxylic acids is 1. The Hall–Kier alpha value is -0.770. The molecule has 92 valence electrons. The fourth-order valence-corrected chi connectivity index (χ4v) is 2.63. The molecule has 4 nitrogen and oxygen atoms in total. The zero-order valence-corrected chi connectivity index (χ0v) is 10.4. The third-order valence-electron chi connectivity index (χ3n) is 3.72. The summed E-state index contributed by atoms with van der Waals surface area (Å²) in [5.41, 5.74) is -0.0439. The molecular formula is C12H23N3O. The van der Waals surface area contributed by atoms with Gasteiger partial charge in [0.05, 0.1) is 5.54 Å². The van der Waals surface area contributed by atoms with Gasteiger partial charge in [-0.3, -0.25) is 0 Å². The summed E-state index contributed by atoms with van der Waals surface area (Å²) in [6, 6.07) is 0.123. The van der Waals surface area contributed by atoms with Crippen molar-refractivity contribution >= 4 is 6.03 Å². The summed E-state index contributed by atoms with van der Waals surface area (Å²) >= 11 is 0. The Labute approximate surface area is 97.8 Å². The van der Waals surface area contributed by atoms with Crippen molar-refractivity contribution in [2.45, 2.75) is 38.6 Å². The smallest absolute Gasteiger partial charge is 0.317 e. The monoisotopic (exact) mass is 225 g/mol. The first kappa shape index (κ1) is 11.7. The van der Waals surface area contributed by atoms with Gasteiger partial charge in [-0.15, -0.1) is 0 Å². The highest BCUT2D eigenvalue weighted by molar-refractivity contribution is 5.75. The van der Waals surface area contributed by atoms with Gasteiger partial charge in [0.1, 0.15) is 0 Å². The second-order valence-electron chi connectivity index (χ2n) is 5.61. The van der Waals surface area contributed by atoms with Crippen molar-refractivity contribution in [3.63, 3.8) is 0 Å². The minimum absolute atomic E-state index is 0.0439. The number of piperidine rings is 1. The quantitative estimate of drug-likeness (QED) is 0.704. The van der Waals surface area contributed by atoms with Crippen LogP contribution in [0.15, 0.2) is 0 Å². The number of rotatable bonds is 1. The van der Waals surface area contributed by atoms with Gasteiger partial charge in [-0.1, -0.05) is 6.92 Å². The van der Waals surface area contributed by atoms with E-state index in [9.17, 15) is 4.79 Å². The average Bonchev–Trinajstić information content (AvgIpc) is 2.65. The van der Waals surface area contributed by atoms with Crippen LogP contribution in [0.2, 0.25) is 0 Å². The van der Waals surface area contributed by atoms with Crippen molar-refractivity contribution in [3.05, 3.63) is 0 Å². The first-order chi connectivity index (χ1) is 7.59. The molecule has 0 aromatic carbocycles. The number of hydrogen-bond donors (Lipinski definition) is 2. The van der Waals surface area contributed by atoms with Gasteiger partial charge in [-0.25, -0.2) is 4.79 Å². The summed E-state index contributed by atoms with van der Waals surface area (Å²) in [6.45, 7) is 8.07. The molecule has 2 atom stereocenters. The van der Waals surface area contributed by atoms with Crippen LogP contribution >= 0.6 is 0 Å². The molecular weight excluding hydrogens is 202 g/mol. The van der Waals surface area contributed by atoms with E-state index < -0.39 is 0 Å². The van der Waals surface area contributed by atoms with E-state index in [1.807, 2.05) is 4.90 Å². The number of nitrogens with zero attached hydrogens (tertiary/aromatic N) is 1. The van der Waals surface area contributed by atoms with Crippen molar-refractivity contribution < 1.29 is 4.79 Å². The van der Waals surface area contributed by atoms with Crippen molar-refractivity contribution in [1.82, 2.24) is 15.5 Å². The molecule has 2 aliphatic heterocycles. The van der Waals surface area contributed by atoms with Crippen LogP contribution in [0.4, 0.5) is 4.79 Å². The first-order valence-corrected chi connectivity index (χ1v) is 6.37. The molecule has 0 spiro atoms. The SMILES string of the molecule is CC1CCCN(C(=O)NC2(C)CCNC2)C1. The van der Waals surface area contributed by atoms with Crippen molar-refractivity contribution in [3.8, 4) is 0 Å². The molecule has 0 saturated carbocycles. The normalized spacial score (nSPS) is 35.1. The Balaban J connectivity index is 1.87. The van der Waals surface area contributed by atoms with Crippen molar-refractivity contribution in [1.29, 1.82) is 0 Å². The minimum Gasteiger partial charge on any atom is -0.332 e. The average molecular weight is 225 g/mol. The predicted octanol–water partition coefficient (Wildman–Crippen LogP) is 1.18. The number of carbonyl (C=O) groups is 1. The van der Waals surface area contributed by atoms with Gasteiger partial charge in [0.2, 0.25) is 0 Å². The summed E-state index contributed by atoms with van der Waals surface area (Å²) in [6.07, 6.45) is 3.42. The zero-order chi connectivity index (χ0) is 11.6. The molecule has 16 heavy (non-hydrogen) atoms. The molecule has 4 heteroatoms. The number of urea groups is 1. The van der Waals surface area contributed by atoms with Gasteiger partial charge >= 0.3 is 6.03 Å². The number of hydrogen-bond acceptors (Lipinski definition) is 2. The standard InChI is InChI=1S/C12H23N3O/c1-10-4-3-7-15(8-10)11(16)14-12(2)5-6-13-9-12/h10,13H,3-9H2,1-2H3,(H,14,16). The Kier molecular flexibility index (Phi) is 3.38. The molecule has 0 bridgehead atoms. The van der Waals surface area contributed by atoms with E-state index >= 15 is 0 Å². The second kappa shape index (κ2) is 4.62. The van der Waals surface area contributed by atoms with E-state index in [4.69, 9.17) is 0 Å². The van der Waals surface area contributed by atoms with Crippen LogP contribution in [0.1, 0.15) is 33.1 Å². The van der Waals surface area contributed by atoms with Crippen LogP contribution in [0.3, 0.4) is 0 Å². The highest BCUT2D eigenvalue weighted by Gasteiger charge is 2.32. The lowest BCUT2D eigenvalue weighted by atomic mass is 10.00. The van der Waals surface area contributed by atoms with E-state index in [2.05, 4.69) is 24.5 Å². The van der Waals surface area contributed by atoms with Gasteiger partial charge in [0.15, 0.2) is 0 Å². The highest BCUT2D eigenvalue weighted by Crippen LogP contribution is 2.18. The highest BCUT2D eigenvalue weighted by atomic mass is 16.2. The number of amides is 2. The van der Waals surface area contributed by atoms with Crippen LogP contribution in [-0.2, 0) is 0 Å². The van der Waals surface area contributed by atoms with Gasteiger partial charge in [0.25, 0.3) is 0 Å². The first-order valence-electron chi connectivity index (χ1n) is 6.37. The maximum absolute atomic E-state index is 12.1. The molecule has 0 aromatic rings. The van der Waals surface area contributed by atoms with Crippen LogP contribution in [0.5, 0.6) is 0 Å². The third-order valence-corrected chi connectivity index (χ3v) is 3.72. The maximum Gasteiger partial charge on any atom is 0.317 e. The Morgan fingerprint density at radius 2 is 2.38 bits per heavy atom. The van der Waals surface area contributed by atoms with E-state index in [0.717, 1.165) is 39.0 Å². The van der Waals surface area contributed by atoms with E-state index in [0.29, 0.717) is 5.92 Å². The van der Waals surface area contributed by atoms with Crippen LogP contribution in [0.25, 0.3) is 0 Å². The molecule has 0 aliphatic carbocycles. The van der Waals surface area contributed by atoms with E-state index in [1.54, 1.807) is 0 Å². The molecule has 2 aliphatic rings. The topological polar surface area (TPSA) is 44.4 Å². The van der Waals surface area contributed by atoms with Gasteiger partial charge in [-0.05, 0) is 38.6 Å². The molecule has 0 aromatic heterocycles. The summed E-state index contributed by atoms with van der Waals surface area (Å²) in [4.78, 5) is 14.1. The maximum atomic E-state index is 12.1. The molecule has 2 fully saturated rings. The minimum atomic E-state index is -0.0439. The van der Waals surface area contributed by atoms with Gasteiger partial charge in [0, 0.05) is 19.6 Å². The Morgan fingerprint density at radius 1 is 1.56 bits per heavy atom. The fraction of sp³-hybridized carbons (Fsp3) is 0.917. The van der Waals surface area contributed by atoms with E-state index in [1.165, 1.54) is 6.42 Å². The number of nitrogens with one attached hydrogen (secondary N) is 2. The number of likely N-dealkylation sites (tertiary alicyclic amines) is 1. The molecule has 2 saturated heterocycles. The summed E-state index contributed by atoms with van der Waals surface area (Å²) in [7, 11) is 0. The van der Waals surface area contributed by atoms with Crippen LogP contribution in [0, 0.1) is 5.92 Å². The predicted molar refractivity (Wildman–Crippen MR) is 64.4 cm³/mol. The Morgan fingerprint density at radius 3 is 3.00 bits per heavy atom. The zero-order valence-electron chi connectivity index (χ0n) is 10.4. The summed E-state index contributed by atoms with van der Waals surface area (Å²) < 4.78 is 0. The largest absolute Gasteiger partial charge is 0.332 e. The fourth-order valence-electron chi connectivity index (χ4n) is 2.63. The molecule has 2 unspecified atom stereocenters. The molecule has 0 radical (unpaired) electrons. The molecule has 2 heterocycles. The van der Waals surface area contributed by atoms with Crippen molar-refractivity contribution in [2.24, 2.45) is 5.92 Å². The molecule has 2 rings (SSSR count). The summed E-state index contributed by atoms with van der Waals surface area (Å²) in [5.74, 6) is 0.647. The molecule has 2 N–H and O–H groups in total. The second-order valence-corrected chi connectivity index (χ2v) is 5.61. The Bertz CT molecular complexity index is 261. The van der Waals surface area contributed by atoms with Gasteiger partial charge in [-0.2, -0.15) is 0 Å².